The summed E-state index contributed by atoms with van der Waals surface area (Å²) in [5, 5.41) is 9.65. The van der Waals surface area contributed by atoms with Crippen LogP contribution in [0.2, 0.25) is 0 Å². The second-order valence-corrected chi connectivity index (χ2v) is 5.23. The van der Waals surface area contributed by atoms with Crippen LogP contribution in [0.4, 0.5) is 0 Å². The molecule has 1 N–H and O–H groups in total. The maximum Gasteiger partial charge on any atom is 0.119 e. The summed E-state index contributed by atoms with van der Waals surface area (Å²) in [6, 6.07) is 12.4. The SMILES string of the molecule is COc1ccc2cc(-c3n[nH]c(C)c3Br)ccc2c1. The Morgan fingerprint density at radius 2 is 1.84 bits per heavy atom. The van der Waals surface area contributed by atoms with Gasteiger partial charge in [-0.25, -0.2) is 0 Å². The van der Waals surface area contributed by atoms with Gasteiger partial charge < -0.3 is 4.74 Å². The molecule has 0 bridgehead atoms. The summed E-state index contributed by atoms with van der Waals surface area (Å²) in [6.45, 7) is 1.99. The van der Waals surface area contributed by atoms with Crippen LogP contribution in [-0.2, 0) is 0 Å². The van der Waals surface area contributed by atoms with Gasteiger partial charge in [0.05, 0.1) is 11.6 Å². The first-order chi connectivity index (χ1) is 9.19. The van der Waals surface area contributed by atoms with Crippen LogP contribution >= 0.6 is 15.9 Å². The lowest BCUT2D eigenvalue weighted by atomic mass is 10.0. The fourth-order valence-electron chi connectivity index (χ4n) is 2.10. The maximum atomic E-state index is 5.23. The summed E-state index contributed by atoms with van der Waals surface area (Å²) in [6.07, 6.45) is 0. The summed E-state index contributed by atoms with van der Waals surface area (Å²) in [4.78, 5) is 0. The second kappa shape index (κ2) is 4.70. The van der Waals surface area contributed by atoms with Gasteiger partial charge in [0.2, 0.25) is 0 Å². The lowest BCUT2D eigenvalue weighted by Gasteiger charge is -2.04. The van der Waals surface area contributed by atoms with Gasteiger partial charge in [0, 0.05) is 11.3 Å². The molecule has 0 saturated carbocycles. The van der Waals surface area contributed by atoms with Gasteiger partial charge in [-0.1, -0.05) is 18.2 Å². The minimum Gasteiger partial charge on any atom is -0.497 e. The molecule has 19 heavy (non-hydrogen) atoms. The third kappa shape index (κ3) is 2.12. The van der Waals surface area contributed by atoms with Crippen LogP contribution in [0.1, 0.15) is 5.69 Å². The van der Waals surface area contributed by atoms with E-state index < -0.39 is 0 Å². The van der Waals surface area contributed by atoms with E-state index in [1.807, 2.05) is 19.1 Å². The summed E-state index contributed by atoms with van der Waals surface area (Å²) in [5.41, 5.74) is 3.06. The number of rotatable bonds is 2. The number of methoxy groups -OCH3 is 1. The van der Waals surface area contributed by atoms with E-state index in [0.717, 1.165) is 32.6 Å². The predicted molar refractivity (Wildman–Crippen MR) is 80.5 cm³/mol. The zero-order valence-corrected chi connectivity index (χ0v) is 12.3. The van der Waals surface area contributed by atoms with Gasteiger partial charge in [-0.05, 0) is 51.8 Å². The quantitative estimate of drug-likeness (QED) is 0.765. The van der Waals surface area contributed by atoms with Gasteiger partial charge in [0.15, 0.2) is 0 Å². The van der Waals surface area contributed by atoms with E-state index in [0.29, 0.717) is 0 Å². The van der Waals surface area contributed by atoms with Crippen molar-refractivity contribution >= 4 is 26.7 Å². The van der Waals surface area contributed by atoms with Crippen LogP contribution in [0.25, 0.3) is 22.0 Å². The van der Waals surface area contributed by atoms with Crippen LogP contribution in [0.5, 0.6) is 5.75 Å². The molecule has 0 radical (unpaired) electrons. The Hall–Kier alpha value is -1.81. The highest BCUT2D eigenvalue weighted by molar-refractivity contribution is 9.10. The van der Waals surface area contributed by atoms with Gasteiger partial charge in [-0.2, -0.15) is 5.10 Å². The third-order valence-electron chi connectivity index (χ3n) is 3.19. The Morgan fingerprint density at radius 3 is 2.53 bits per heavy atom. The number of aromatic amines is 1. The number of ether oxygens (including phenoxy) is 1. The zero-order valence-electron chi connectivity index (χ0n) is 10.7. The Balaban J connectivity index is 2.14. The van der Waals surface area contributed by atoms with Crippen LogP contribution in [0.3, 0.4) is 0 Å². The Labute approximate surface area is 119 Å². The fraction of sp³-hybridized carbons (Fsp3) is 0.133. The van der Waals surface area contributed by atoms with Crippen LogP contribution in [0, 0.1) is 6.92 Å². The Morgan fingerprint density at radius 1 is 1.11 bits per heavy atom. The molecule has 0 aliphatic carbocycles. The van der Waals surface area contributed by atoms with Gasteiger partial charge >= 0.3 is 0 Å². The lowest BCUT2D eigenvalue weighted by molar-refractivity contribution is 0.415. The molecule has 0 saturated heterocycles. The van der Waals surface area contributed by atoms with E-state index in [2.05, 4.69) is 50.4 Å². The number of benzene rings is 2. The van der Waals surface area contributed by atoms with E-state index in [4.69, 9.17) is 4.74 Å². The molecule has 4 heteroatoms. The number of hydrogen-bond donors (Lipinski definition) is 1. The van der Waals surface area contributed by atoms with Crippen molar-refractivity contribution in [3.63, 3.8) is 0 Å². The first kappa shape index (κ1) is 12.2. The molecule has 1 heterocycles. The largest absolute Gasteiger partial charge is 0.497 e. The highest BCUT2D eigenvalue weighted by Crippen LogP contribution is 2.31. The first-order valence-corrected chi connectivity index (χ1v) is 6.77. The molecule has 3 rings (SSSR count). The van der Waals surface area contributed by atoms with Gasteiger partial charge in [0.1, 0.15) is 11.4 Å². The van der Waals surface area contributed by atoms with E-state index in [1.54, 1.807) is 7.11 Å². The van der Waals surface area contributed by atoms with E-state index in [9.17, 15) is 0 Å². The molecule has 1 aromatic heterocycles. The highest BCUT2D eigenvalue weighted by Gasteiger charge is 2.10. The third-order valence-corrected chi connectivity index (χ3v) is 4.16. The predicted octanol–water partition coefficient (Wildman–Crippen LogP) is 4.31. The number of H-pyrrole nitrogens is 1. The van der Waals surface area contributed by atoms with Gasteiger partial charge in [-0.3, -0.25) is 5.10 Å². The Kier molecular flexibility index (Phi) is 3.03. The molecule has 0 unspecified atom stereocenters. The monoisotopic (exact) mass is 316 g/mol. The average molecular weight is 317 g/mol. The van der Waals surface area contributed by atoms with Crippen LogP contribution < -0.4 is 4.74 Å². The second-order valence-electron chi connectivity index (χ2n) is 4.44. The van der Waals surface area contributed by atoms with Gasteiger partial charge in [0.25, 0.3) is 0 Å². The summed E-state index contributed by atoms with van der Waals surface area (Å²) < 4.78 is 6.25. The van der Waals surface area contributed by atoms with Crippen molar-refractivity contribution in [2.45, 2.75) is 6.92 Å². The number of aryl methyl sites for hydroxylation is 1. The minimum absolute atomic E-state index is 0.872. The number of aromatic nitrogens is 2. The molecule has 3 aromatic rings. The number of nitrogens with zero attached hydrogens (tertiary/aromatic N) is 1. The zero-order chi connectivity index (χ0) is 13.4. The molecule has 0 aliphatic rings. The lowest BCUT2D eigenvalue weighted by Crippen LogP contribution is -1.84. The molecule has 0 fully saturated rings. The number of hydrogen-bond acceptors (Lipinski definition) is 2. The number of halogens is 1. The van der Waals surface area contributed by atoms with E-state index in [-0.39, 0.29) is 0 Å². The van der Waals surface area contributed by atoms with E-state index >= 15 is 0 Å². The van der Waals surface area contributed by atoms with Crippen molar-refractivity contribution in [1.29, 1.82) is 0 Å². The molecule has 0 spiro atoms. The van der Waals surface area contributed by atoms with Gasteiger partial charge in [-0.15, -0.1) is 0 Å². The standard InChI is InChI=1S/C15H13BrN2O/c1-9-14(16)15(18-17-9)12-4-3-11-8-13(19-2)6-5-10(11)7-12/h3-8H,1-2H3,(H,17,18). The molecular weight excluding hydrogens is 304 g/mol. The van der Waals surface area contributed by atoms with E-state index in [1.165, 1.54) is 5.39 Å². The molecular formula is C15H13BrN2O. The number of nitrogens with one attached hydrogen (secondary N) is 1. The maximum absolute atomic E-state index is 5.23. The summed E-state index contributed by atoms with van der Waals surface area (Å²) in [7, 11) is 1.68. The fourth-order valence-corrected chi connectivity index (χ4v) is 2.51. The summed E-state index contributed by atoms with van der Waals surface area (Å²) in [5.74, 6) is 0.872. The molecule has 3 nitrogen and oxygen atoms in total. The molecule has 2 aromatic carbocycles. The Bertz CT molecular complexity index is 749. The average Bonchev–Trinajstić information content (AvgIpc) is 2.78. The van der Waals surface area contributed by atoms with Crippen molar-refractivity contribution < 1.29 is 4.74 Å². The topological polar surface area (TPSA) is 37.9 Å². The van der Waals surface area contributed by atoms with Crippen molar-refractivity contribution in [2.24, 2.45) is 0 Å². The van der Waals surface area contributed by atoms with Crippen molar-refractivity contribution in [2.75, 3.05) is 7.11 Å². The van der Waals surface area contributed by atoms with Crippen LogP contribution in [-0.4, -0.2) is 17.3 Å². The normalized spacial score (nSPS) is 10.9. The minimum atomic E-state index is 0.872. The molecule has 0 atom stereocenters. The van der Waals surface area contributed by atoms with Crippen molar-refractivity contribution in [3.05, 3.63) is 46.6 Å². The highest BCUT2D eigenvalue weighted by atomic mass is 79.9. The molecule has 96 valence electrons. The number of fused-ring (bicyclic) bond motifs is 1. The van der Waals surface area contributed by atoms with Crippen molar-refractivity contribution in [3.8, 4) is 17.0 Å². The van der Waals surface area contributed by atoms with Crippen molar-refractivity contribution in [1.82, 2.24) is 10.2 Å². The summed E-state index contributed by atoms with van der Waals surface area (Å²) >= 11 is 3.56. The molecule has 0 amide bonds. The molecule has 0 aliphatic heterocycles. The first-order valence-electron chi connectivity index (χ1n) is 5.97. The smallest absolute Gasteiger partial charge is 0.119 e. The van der Waals surface area contributed by atoms with Crippen LogP contribution in [0.15, 0.2) is 40.9 Å².